The average Bonchev–Trinajstić information content (AvgIpc) is 4.29. The van der Waals surface area contributed by atoms with Crippen molar-refractivity contribution in [1.29, 1.82) is 0 Å². The van der Waals surface area contributed by atoms with Crippen LogP contribution in [0.2, 0.25) is 0 Å². The molecule has 2 aliphatic heterocycles. The average molecular weight is 1090 g/mol. The number of ether oxygens (including phenoxy) is 5. The summed E-state index contributed by atoms with van der Waals surface area (Å²) in [6, 6.07) is 16.2. The summed E-state index contributed by atoms with van der Waals surface area (Å²) in [4.78, 5) is 54.2. The molecule has 420 valence electrons. The van der Waals surface area contributed by atoms with Gasteiger partial charge in [0.05, 0.1) is 124 Å². The van der Waals surface area contributed by atoms with E-state index in [0.29, 0.717) is 112 Å². The van der Waals surface area contributed by atoms with Gasteiger partial charge in [0, 0.05) is 124 Å². The first kappa shape index (κ1) is 54.5. The van der Waals surface area contributed by atoms with Crippen molar-refractivity contribution in [2.24, 2.45) is 0 Å². The maximum Gasteiger partial charge on any atom is 0.345 e. The molecule has 1 unspecified atom stereocenters. The van der Waals surface area contributed by atoms with Crippen molar-refractivity contribution >= 4 is 44.6 Å². The largest absolute Gasteiger partial charge is 0.422 e. The van der Waals surface area contributed by atoms with E-state index < -0.39 is 11.3 Å². The van der Waals surface area contributed by atoms with Crippen LogP contribution < -0.4 is 21.1 Å². The molecule has 22 heteroatoms. The third kappa shape index (κ3) is 12.9. The van der Waals surface area contributed by atoms with Gasteiger partial charge in [-0.25, -0.2) is 24.2 Å². The number of hydrogen-bond acceptors (Lipinski definition) is 19. The number of aromatic nitrogens is 9. The van der Waals surface area contributed by atoms with E-state index in [1.807, 2.05) is 104 Å². The van der Waals surface area contributed by atoms with Gasteiger partial charge in [-0.1, -0.05) is 5.21 Å². The maximum absolute atomic E-state index is 13.2. The minimum atomic E-state index is -0.413. The van der Waals surface area contributed by atoms with Crippen molar-refractivity contribution in [3.8, 4) is 22.5 Å². The number of fused-ring (bicyclic) bond motifs is 4. The summed E-state index contributed by atoms with van der Waals surface area (Å²) in [7, 11) is 0. The number of piperazine rings is 2. The topological polar surface area (TPSA) is 211 Å². The highest BCUT2D eigenvalue weighted by Gasteiger charge is 2.25. The van der Waals surface area contributed by atoms with Crippen LogP contribution in [0.15, 0.2) is 97.9 Å². The van der Waals surface area contributed by atoms with Crippen LogP contribution in [0, 0.1) is 27.7 Å². The lowest BCUT2D eigenvalue weighted by Gasteiger charge is -2.41. The third-order valence-corrected chi connectivity index (χ3v) is 14.8. The van der Waals surface area contributed by atoms with Crippen LogP contribution in [0.4, 0.5) is 11.4 Å². The number of hydrogen-bond donors (Lipinski definition) is 0. The Morgan fingerprint density at radius 2 is 1.05 bits per heavy atom. The van der Waals surface area contributed by atoms with Gasteiger partial charge in [-0.2, -0.15) is 0 Å². The fourth-order valence-electron chi connectivity index (χ4n) is 10.6. The Morgan fingerprint density at radius 1 is 0.537 bits per heavy atom. The molecule has 80 heavy (non-hydrogen) atoms. The molecule has 0 radical (unpaired) electrons. The molecule has 0 saturated carbocycles. The Bertz CT molecular complexity index is 3710. The Labute approximate surface area is 462 Å². The number of imidazole rings is 2. The number of aryl methyl sites for hydroxylation is 4. The first-order valence-corrected chi connectivity index (χ1v) is 27.5. The molecule has 2 aliphatic rings. The molecule has 9 heterocycles. The molecule has 0 N–H and O–H groups in total. The standard InChI is InChI=1S/C58H69N13O9/c1-39-32-69-36-51(61-55(69)42(4)59-39)49-28-44-6-8-47(30-53(44)79-57(49)72)67-12-10-65(11-13-67)16-19-74-21-18-71-35-46(63-64-71)38-78-27-26-77-25-24-76-23-22-75-20-17-66-14-15-68(34-41(66)3)48-9-7-45-29-50(58(73)80-54(45)31-48)52-37-70-33-40(2)60-43(5)56(70)62-52/h6-9,28-33,35-37,41H,10-27,34,38H2,1-5H3. The van der Waals surface area contributed by atoms with Crippen molar-refractivity contribution in [2.75, 3.05) is 128 Å². The smallest absolute Gasteiger partial charge is 0.345 e. The van der Waals surface area contributed by atoms with E-state index in [1.54, 1.807) is 4.68 Å². The molecular formula is C58H69N13O9. The lowest BCUT2D eigenvalue weighted by atomic mass is 10.1. The van der Waals surface area contributed by atoms with Crippen LogP contribution in [0.1, 0.15) is 35.4 Å². The van der Waals surface area contributed by atoms with E-state index >= 15 is 0 Å². The van der Waals surface area contributed by atoms with Crippen LogP contribution in [-0.4, -0.2) is 178 Å². The van der Waals surface area contributed by atoms with Crippen molar-refractivity contribution in [1.82, 2.24) is 53.5 Å². The molecule has 2 fully saturated rings. The number of benzene rings is 2. The van der Waals surface area contributed by atoms with E-state index in [0.717, 1.165) is 121 Å². The van der Waals surface area contributed by atoms with Crippen molar-refractivity contribution in [3.05, 3.63) is 129 Å². The highest BCUT2D eigenvalue weighted by Crippen LogP contribution is 2.29. The first-order valence-electron chi connectivity index (χ1n) is 27.5. The number of anilines is 2. The van der Waals surface area contributed by atoms with Gasteiger partial charge in [-0.05, 0) is 71.0 Å². The van der Waals surface area contributed by atoms with Gasteiger partial charge in [-0.3, -0.25) is 19.8 Å². The predicted molar refractivity (Wildman–Crippen MR) is 303 cm³/mol. The van der Waals surface area contributed by atoms with Crippen LogP contribution in [-0.2, 0) is 36.8 Å². The van der Waals surface area contributed by atoms with Crippen molar-refractivity contribution in [2.45, 2.75) is 53.8 Å². The summed E-state index contributed by atoms with van der Waals surface area (Å²) in [5, 5.41) is 10.2. The van der Waals surface area contributed by atoms with Gasteiger partial charge in [0.25, 0.3) is 0 Å². The monoisotopic (exact) mass is 1090 g/mol. The van der Waals surface area contributed by atoms with Crippen molar-refractivity contribution in [3.63, 3.8) is 0 Å². The van der Waals surface area contributed by atoms with Gasteiger partial charge in [0.15, 0.2) is 11.3 Å². The zero-order chi connectivity index (χ0) is 55.1. The van der Waals surface area contributed by atoms with E-state index in [9.17, 15) is 9.59 Å². The fourth-order valence-corrected chi connectivity index (χ4v) is 10.6. The molecule has 2 aromatic carbocycles. The molecule has 22 nitrogen and oxygen atoms in total. The minimum absolute atomic E-state index is 0.323. The SMILES string of the molecule is Cc1cn2cc(-c3cc4ccc(N5CCN(CCOCCn6cc(COCCOCCOCCOCCN7CCN(c8ccc9cc(-c%10cn%11cc(C)nc(C)c%11n%10)c(=O)oc9c8)CC7C)nn6)CC5)cc4oc3=O)nc2c(C)n1. The van der Waals surface area contributed by atoms with E-state index in [4.69, 9.17) is 32.5 Å². The van der Waals surface area contributed by atoms with E-state index in [2.05, 4.69) is 68.9 Å². The second-order valence-electron chi connectivity index (χ2n) is 20.6. The highest BCUT2D eigenvalue weighted by molar-refractivity contribution is 5.85. The van der Waals surface area contributed by atoms with Gasteiger partial charge < -0.3 is 51.1 Å². The molecule has 0 amide bonds. The minimum Gasteiger partial charge on any atom is -0.422 e. The van der Waals surface area contributed by atoms with E-state index in [1.165, 1.54) is 0 Å². The molecule has 2 saturated heterocycles. The third-order valence-electron chi connectivity index (χ3n) is 14.8. The highest BCUT2D eigenvalue weighted by atomic mass is 16.6. The summed E-state index contributed by atoms with van der Waals surface area (Å²) < 4.78 is 46.3. The lowest BCUT2D eigenvalue weighted by Crippen LogP contribution is -2.52. The molecule has 0 spiro atoms. The number of nitrogens with zero attached hydrogens (tertiary/aromatic N) is 13. The van der Waals surface area contributed by atoms with Gasteiger partial charge in [0.2, 0.25) is 0 Å². The fraction of sp³-hybridized carbons (Fsp3) is 0.448. The quantitative estimate of drug-likeness (QED) is 0.0520. The zero-order valence-corrected chi connectivity index (χ0v) is 46.2. The van der Waals surface area contributed by atoms with Crippen LogP contribution in [0.3, 0.4) is 0 Å². The molecule has 1 atom stereocenters. The molecule has 0 bridgehead atoms. The summed E-state index contributed by atoms with van der Waals surface area (Å²) in [5.74, 6) is 0. The second kappa shape index (κ2) is 24.9. The molecule has 9 aromatic rings. The van der Waals surface area contributed by atoms with Crippen molar-refractivity contribution < 1.29 is 32.5 Å². The zero-order valence-electron chi connectivity index (χ0n) is 46.2. The normalized spacial score (nSPS) is 15.7. The Balaban J connectivity index is 0.497. The molecule has 7 aromatic heterocycles. The van der Waals surface area contributed by atoms with Crippen LogP contribution in [0.5, 0.6) is 0 Å². The Hall–Kier alpha value is -7.44. The summed E-state index contributed by atoms with van der Waals surface area (Å²) in [6.07, 6.45) is 9.39. The van der Waals surface area contributed by atoms with E-state index in [-0.39, 0.29) is 0 Å². The summed E-state index contributed by atoms with van der Waals surface area (Å²) in [6.45, 7) is 23.4. The Kier molecular flexibility index (Phi) is 17.0. The van der Waals surface area contributed by atoms with Crippen LogP contribution in [0.25, 0.3) is 55.7 Å². The van der Waals surface area contributed by atoms with Gasteiger partial charge in [0.1, 0.15) is 16.9 Å². The Morgan fingerprint density at radius 3 is 1.64 bits per heavy atom. The molecule has 11 rings (SSSR count). The first-order chi connectivity index (χ1) is 39.0. The van der Waals surface area contributed by atoms with Crippen LogP contribution >= 0.6 is 0 Å². The maximum atomic E-state index is 13.2. The summed E-state index contributed by atoms with van der Waals surface area (Å²) in [5.41, 5.74) is 9.93. The molecular weight excluding hydrogens is 1020 g/mol. The molecule has 0 aliphatic carbocycles. The van der Waals surface area contributed by atoms with Gasteiger partial charge in [-0.15, -0.1) is 5.10 Å². The van der Waals surface area contributed by atoms with Gasteiger partial charge >= 0.3 is 11.3 Å². The second-order valence-corrected chi connectivity index (χ2v) is 20.6. The summed E-state index contributed by atoms with van der Waals surface area (Å²) >= 11 is 0. The lowest BCUT2D eigenvalue weighted by molar-refractivity contribution is -0.00732. The number of rotatable bonds is 24. The predicted octanol–water partition coefficient (Wildman–Crippen LogP) is 5.76.